The van der Waals surface area contributed by atoms with Gasteiger partial charge < -0.3 is 20.7 Å². The zero-order valence-corrected chi connectivity index (χ0v) is 10.4. The fourth-order valence-corrected chi connectivity index (χ4v) is 1.93. The summed E-state index contributed by atoms with van der Waals surface area (Å²) >= 11 is 0. The lowest BCUT2D eigenvalue weighted by Crippen LogP contribution is -2.41. The van der Waals surface area contributed by atoms with E-state index in [1.165, 1.54) is 0 Å². The first-order valence-corrected chi connectivity index (χ1v) is 6.21. The molecular weight excluding hydrogens is 230 g/mol. The Hall–Kier alpha value is -1.75. The summed E-state index contributed by atoms with van der Waals surface area (Å²) in [6.07, 6.45) is 0.480. The van der Waals surface area contributed by atoms with Gasteiger partial charge in [0.05, 0.1) is 24.6 Å². The Morgan fingerprint density at radius 1 is 1.33 bits per heavy atom. The van der Waals surface area contributed by atoms with E-state index in [0.29, 0.717) is 45.0 Å². The van der Waals surface area contributed by atoms with E-state index in [4.69, 9.17) is 10.5 Å². The summed E-state index contributed by atoms with van der Waals surface area (Å²) in [5.74, 6) is 0.167. The van der Waals surface area contributed by atoms with Gasteiger partial charge in [0.1, 0.15) is 0 Å². The number of nitrogens with one attached hydrogen (secondary N) is 1. The lowest BCUT2D eigenvalue weighted by molar-refractivity contribution is -0.134. The average molecular weight is 249 g/mol. The molecule has 1 aromatic carbocycles. The molecule has 1 fully saturated rings. The number of benzene rings is 1. The monoisotopic (exact) mass is 249 g/mol. The molecule has 2 rings (SSSR count). The third-order valence-electron chi connectivity index (χ3n) is 2.98. The maximum absolute atomic E-state index is 11.9. The molecule has 1 saturated heterocycles. The number of carbonyl (C=O) groups is 1. The number of morpholine rings is 1. The highest BCUT2D eigenvalue weighted by Crippen LogP contribution is 2.16. The Kier molecular flexibility index (Phi) is 4.41. The number of para-hydroxylation sites is 2. The van der Waals surface area contributed by atoms with Crippen LogP contribution in [0.1, 0.15) is 6.42 Å². The summed E-state index contributed by atoms with van der Waals surface area (Å²) in [5, 5.41) is 3.18. The molecule has 1 aliphatic heterocycles. The molecule has 1 amide bonds. The molecule has 0 aliphatic carbocycles. The minimum Gasteiger partial charge on any atom is -0.397 e. The topological polar surface area (TPSA) is 67.6 Å². The van der Waals surface area contributed by atoms with Crippen molar-refractivity contribution in [2.75, 3.05) is 43.9 Å². The van der Waals surface area contributed by atoms with Crippen molar-refractivity contribution in [3.8, 4) is 0 Å². The smallest absolute Gasteiger partial charge is 0.224 e. The fraction of sp³-hybridized carbons (Fsp3) is 0.462. The van der Waals surface area contributed by atoms with Crippen LogP contribution in [0.5, 0.6) is 0 Å². The maximum Gasteiger partial charge on any atom is 0.224 e. The number of amides is 1. The Morgan fingerprint density at radius 2 is 2.06 bits per heavy atom. The zero-order chi connectivity index (χ0) is 12.8. The van der Waals surface area contributed by atoms with Crippen molar-refractivity contribution in [2.45, 2.75) is 6.42 Å². The van der Waals surface area contributed by atoms with E-state index in [0.717, 1.165) is 5.69 Å². The predicted molar refractivity (Wildman–Crippen MR) is 71.4 cm³/mol. The number of nitrogens with two attached hydrogens (primary N) is 1. The molecule has 0 aromatic heterocycles. The molecule has 5 heteroatoms. The van der Waals surface area contributed by atoms with Crippen LogP contribution in [0.2, 0.25) is 0 Å². The van der Waals surface area contributed by atoms with E-state index in [-0.39, 0.29) is 5.91 Å². The van der Waals surface area contributed by atoms with Crippen LogP contribution in [0, 0.1) is 0 Å². The highest BCUT2D eigenvalue weighted by molar-refractivity contribution is 5.77. The van der Waals surface area contributed by atoms with Crippen LogP contribution in [-0.2, 0) is 9.53 Å². The minimum absolute atomic E-state index is 0.167. The number of anilines is 2. The maximum atomic E-state index is 11.9. The first kappa shape index (κ1) is 12.7. The van der Waals surface area contributed by atoms with Crippen molar-refractivity contribution in [3.63, 3.8) is 0 Å². The Balaban J connectivity index is 1.75. The molecular formula is C13H19N3O2. The van der Waals surface area contributed by atoms with Crippen LogP contribution in [0.25, 0.3) is 0 Å². The number of hydrogen-bond donors (Lipinski definition) is 2. The van der Waals surface area contributed by atoms with Gasteiger partial charge in [-0.1, -0.05) is 12.1 Å². The van der Waals surface area contributed by atoms with Crippen LogP contribution < -0.4 is 11.1 Å². The second kappa shape index (κ2) is 6.26. The Morgan fingerprint density at radius 3 is 2.78 bits per heavy atom. The molecule has 3 N–H and O–H groups in total. The van der Waals surface area contributed by atoms with Crippen LogP contribution >= 0.6 is 0 Å². The Labute approximate surface area is 107 Å². The zero-order valence-electron chi connectivity index (χ0n) is 10.4. The van der Waals surface area contributed by atoms with Gasteiger partial charge in [0, 0.05) is 26.1 Å². The van der Waals surface area contributed by atoms with Gasteiger partial charge in [-0.15, -0.1) is 0 Å². The highest BCUT2D eigenvalue weighted by Gasteiger charge is 2.15. The van der Waals surface area contributed by atoms with Crippen molar-refractivity contribution in [2.24, 2.45) is 0 Å². The highest BCUT2D eigenvalue weighted by atomic mass is 16.5. The van der Waals surface area contributed by atoms with Gasteiger partial charge in [0.25, 0.3) is 0 Å². The van der Waals surface area contributed by atoms with E-state index >= 15 is 0 Å². The van der Waals surface area contributed by atoms with Gasteiger partial charge >= 0.3 is 0 Å². The van der Waals surface area contributed by atoms with Crippen molar-refractivity contribution >= 4 is 17.3 Å². The Bertz CT molecular complexity index is 403. The number of rotatable bonds is 4. The number of carbonyl (C=O) groups excluding carboxylic acids is 1. The van der Waals surface area contributed by atoms with Crippen molar-refractivity contribution in [1.29, 1.82) is 0 Å². The lowest BCUT2D eigenvalue weighted by atomic mass is 10.2. The lowest BCUT2D eigenvalue weighted by Gasteiger charge is -2.27. The van der Waals surface area contributed by atoms with Crippen molar-refractivity contribution in [1.82, 2.24) is 4.90 Å². The molecule has 18 heavy (non-hydrogen) atoms. The largest absolute Gasteiger partial charge is 0.397 e. The number of nitrogen functional groups attached to an aromatic ring is 1. The summed E-state index contributed by atoms with van der Waals surface area (Å²) < 4.78 is 5.21. The molecule has 0 atom stereocenters. The van der Waals surface area contributed by atoms with Crippen LogP contribution in [0.3, 0.4) is 0 Å². The predicted octanol–water partition coefficient (Wildman–Crippen LogP) is 0.930. The van der Waals surface area contributed by atoms with E-state index in [9.17, 15) is 4.79 Å². The molecule has 0 radical (unpaired) electrons. The molecule has 1 aliphatic rings. The quantitative estimate of drug-likeness (QED) is 0.779. The second-order valence-corrected chi connectivity index (χ2v) is 4.26. The van der Waals surface area contributed by atoms with Gasteiger partial charge in [0.15, 0.2) is 0 Å². The molecule has 98 valence electrons. The van der Waals surface area contributed by atoms with Crippen LogP contribution in [0.4, 0.5) is 11.4 Å². The number of ether oxygens (including phenoxy) is 1. The average Bonchev–Trinajstić information content (AvgIpc) is 2.42. The van der Waals surface area contributed by atoms with Gasteiger partial charge in [-0.05, 0) is 12.1 Å². The first-order chi connectivity index (χ1) is 8.77. The van der Waals surface area contributed by atoms with Gasteiger partial charge in [-0.3, -0.25) is 4.79 Å². The number of hydrogen-bond acceptors (Lipinski definition) is 4. The molecule has 1 aromatic rings. The molecule has 1 heterocycles. The van der Waals surface area contributed by atoms with Gasteiger partial charge in [-0.2, -0.15) is 0 Å². The van der Waals surface area contributed by atoms with Crippen LogP contribution in [0.15, 0.2) is 24.3 Å². The van der Waals surface area contributed by atoms with E-state index in [1.54, 1.807) is 0 Å². The summed E-state index contributed by atoms with van der Waals surface area (Å²) in [5.41, 5.74) is 7.39. The summed E-state index contributed by atoms with van der Waals surface area (Å²) in [7, 11) is 0. The third kappa shape index (κ3) is 3.37. The van der Waals surface area contributed by atoms with Crippen LogP contribution in [-0.4, -0.2) is 43.7 Å². The summed E-state index contributed by atoms with van der Waals surface area (Å²) in [6.45, 7) is 3.29. The second-order valence-electron chi connectivity index (χ2n) is 4.26. The molecule has 0 unspecified atom stereocenters. The molecule has 0 bridgehead atoms. The van der Waals surface area contributed by atoms with Crippen molar-refractivity contribution < 1.29 is 9.53 Å². The fourth-order valence-electron chi connectivity index (χ4n) is 1.93. The van der Waals surface area contributed by atoms with E-state index in [2.05, 4.69) is 5.32 Å². The van der Waals surface area contributed by atoms with E-state index in [1.807, 2.05) is 29.2 Å². The summed E-state index contributed by atoms with van der Waals surface area (Å²) in [4.78, 5) is 13.7. The standard InChI is InChI=1S/C13H19N3O2/c14-11-3-1-2-4-12(11)15-6-5-13(17)16-7-9-18-10-8-16/h1-4,15H,5-10,14H2. The van der Waals surface area contributed by atoms with E-state index < -0.39 is 0 Å². The first-order valence-electron chi connectivity index (χ1n) is 6.21. The summed E-state index contributed by atoms with van der Waals surface area (Å²) in [6, 6.07) is 7.56. The number of nitrogens with zero attached hydrogens (tertiary/aromatic N) is 1. The normalized spacial score (nSPS) is 15.4. The molecule has 0 spiro atoms. The third-order valence-corrected chi connectivity index (χ3v) is 2.98. The van der Waals surface area contributed by atoms with Gasteiger partial charge in [-0.25, -0.2) is 0 Å². The van der Waals surface area contributed by atoms with Crippen molar-refractivity contribution in [3.05, 3.63) is 24.3 Å². The minimum atomic E-state index is 0.167. The van der Waals surface area contributed by atoms with Gasteiger partial charge in [0.2, 0.25) is 5.91 Å². The SMILES string of the molecule is Nc1ccccc1NCCC(=O)N1CCOCC1. The molecule has 5 nitrogen and oxygen atoms in total. The molecule has 0 saturated carbocycles.